The Morgan fingerprint density at radius 3 is 2.54 bits per heavy atom. The van der Waals surface area contributed by atoms with E-state index in [1.807, 2.05) is 24.3 Å². The summed E-state index contributed by atoms with van der Waals surface area (Å²) in [5, 5.41) is 9.15. The predicted molar refractivity (Wildman–Crippen MR) is 111 cm³/mol. The van der Waals surface area contributed by atoms with Gasteiger partial charge < -0.3 is 4.74 Å². The van der Waals surface area contributed by atoms with Crippen LogP contribution in [0.3, 0.4) is 0 Å². The minimum atomic E-state index is -0.0349. The van der Waals surface area contributed by atoms with Gasteiger partial charge in [-0.1, -0.05) is 60.7 Å². The molecule has 0 aliphatic carbocycles. The van der Waals surface area contributed by atoms with E-state index < -0.39 is 0 Å². The monoisotopic (exact) mass is 368 g/mol. The quantitative estimate of drug-likeness (QED) is 0.605. The minimum Gasteiger partial charge on any atom is -0.486 e. The van der Waals surface area contributed by atoms with Gasteiger partial charge in [0.2, 0.25) is 0 Å². The van der Waals surface area contributed by atoms with E-state index in [1.54, 1.807) is 6.07 Å². The normalized spacial score (nSPS) is 14.7. The van der Waals surface area contributed by atoms with Crippen molar-refractivity contribution in [3.8, 4) is 11.8 Å². The summed E-state index contributed by atoms with van der Waals surface area (Å²) in [5.74, 6) is 0.747. The van der Waals surface area contributed by atoms with Crippen molar-refractivity contribution in [1.29, 1.82) is 5.26 Å². The van der Waals surface area contributed by atoms with Crippen molar-refractivity contribution < 1.29 is 4.74 Å². The third-order valence-electron chi connectivity index (χ3n) is 5.33. The molecule has 1 unspecified atom stereocenters. The van der Waals surface area contributed by atoms with Crippen molar-refractivity contribution in [2.24, 2.45) is 0 Å². The first kappa shape index (κ1) is 18.3. The molecule has 140 valence electrons. The number of nitrogens with zero attached hydrogens (tertiary/aromatic N) is 2. The van der Waals surface area contributed by atoms with Gasteiger partial charge in [-0.05, 0) is 41.3 Å². The molecule has 0 fully saturated rings. The van der Waals surface area contributed by atoms with Gasteiger partial charge in [-0.3, -0.25) is 4.90 Å². The fourth-order valence-corrected chi connectivity index (χ4v) is 3.81. The molecule has 3 aromatic carbocycles. The summed E-state index contributed by atoms with van der Waals surface area (Å²) < 4.78 is 6.33. The molecule has 0 saturated heterocycles. The van der Waals surface area contributed by atoms with E-state index in [1.165, 1.54) is 16.7 Å². The molecule has 0 bridgehead atoms. The average molecular weight is 368 g/mol. The first-order chi connectivity index (χ1) is 13.8. The van der Waals surface area contributed by atoms with Gasteiger partial charge in [-0.15, -0.1) is 0 Å². The highest BCUT2D eigenvalue weighted by atomic mass is 16.5. The van der Waals surface area contributed by atoms with Crippen LogP contribution in [0.4, 0.5) is 0 Å². The molecule has 0 N–H and O–H groups in total. The molecule has 0 saturated carbocycles. The topological polar surface area (TPSA) is 36.3 Å². The molecule has 28 heavy (non-hydrogen) atoms. The Hall–Kier alpha value is -3.09. The molecule has 3 nitrogen and oxygen atoms in total. The van der Waals surface area contributed by atoms with Gasteiger partial charge in [0.15, 0.2) is 0 Å². The van der Waals surface area contributed by atoms with Crippen molar-refractivity contribution in [2.45, 2.75) is 25.5 Å². The highest BCUT2D eigenvalue weighted by Gasteiger charge is 2.19. The summed E-state index contributed by atoms with van der Waals surface area (Å²) in [6.07, 6.45) is 1.98. The number of ether oxygens (including phenoxy) is 1. The number of hydrogen-bond acceptors (Lipinski definition) is 3. The standard InChI is InChI=1S/C25H24N2O/c26-18-20-7-6-12-24(17-20)28-25(22-9-2-1-3-10-22)14-16-27-15-13-21-8-4-5-11-23(21)19-27/h1-12,17,25H,13-16,19H2. The van der Waals surface area contributed by atoms with Crippen molar-refractivity contribution in [3.05, 3.63) is 101 Å². The second-order valence-electron chi connectivity index (χ2n) is 7.24. The lowest BCUT2D eigenvalue weighted by atomic mass is 9.99. The van der Waals surface area contributed by atoms with E-state index >= 15 is 0 Å². The summed E-state index contributed by atoms with van der Waals surface area (Å²) in [4.78, 5) is 2.51. The van der Waals surface area contributed by atoms with E-state index in [9.17, 15) is 0 Å². The molecule has 3 heteroatoms. The number of nitriles is 1. The minimum absolute atomic E-state index is 0.0349. The second kappa shape index (κ2) is 8.73. The Morgan fingerprint density at radius 1 is 0.929 bits per heavy atom. The molecule has 4 rings (SSSR count). The summed E-state index contributed by atoms with van der Waals surface area (Å²) in [7, 11) is 0. The maximum absolute atomic E-state index is 9.15. The highest BCUT2D eigenvalue weighted by molar-refractivity contribution is 5.36. The average Bonchev–Trinajstić information content (AvgIpc) is 2.77. The fourth-order valence-electron chi connectivity index (χ4n) is 3.81. The van der Waals surface area contributed by atoms with Crippen LogP contribution in [0, 0.1) is 11.3 Å². The Bertz CT molecular complexity index is 962. The van der Waals surface area contributed by atoms with Crippen LogP contribution >= 0.6 is 0 Å². The largest absolute Gasteiger partial charge is 0.486 e. The molecular formula is C25H24N2O. The summed E-state index contributed by atoms with van der Waals surface area (Å²) in [5.41, 5.74) is 4.70. The van der Waals surface area contributed by atoms with Crippen LogP contribution in [0.5, 0.6) is 5.75 Å². The highest BCUT2D eigenvalue weighted by Crippen LogP contribution is 2.27. The van der Waals surface area contributed by atoms with Crippen LogP contribution in [0.2, 0.25) is 0 Å². The van der Waals surface area contributed by atoms with E-state index in [0.29, 0.717) is 5.56 Å². The Kier molecular flexibility index (Phi) is 5.70. The zero-order chi connectivity index (χ0) is 19.2. The lowest BCUT2D eigenvalue weighted by Crippen LogP contribution is -2.32. The van der Waals surface area contributed by atoms with E-state index in [2.05, 4.69) is 59.5 Å². The SMILES string of the molecule is N#Cc1cccc(OC(CCN2CCc3ccccc3C2)c2ccccc2)c1. The Balaban J connectivity index is 1.46. The first-order valence-corrected chi connectivity index (χ1v) is 9.83. The molecule has 1 aliphatic rings. The smallest absolute Gasteiger partial charge is 0.125 e. The summed E-state index contributed by atoms with van der Waals surface area (Å²) in [6.45, 7) is 3.07. The van der Waals surface area contributed by atoms with Gasteiger partial charge in [0, 0.05) is 26.1 Å². The van der Waals surface area contributed by atoms with Crippen molar-refractivity contribution in [3.63, 3.8) is 0 Å². The molecule has 0 radical (unpaired) electrons. The number of hydrogen-bond donors (Lipinski definition) is 0. The van der Waals surface area contributed by atoms with Crippen LogP contribution in [-0.4, -0.2) is 18.0 Å². The van der Waals surface area contributed by atoms with Gasteiger partial charge in [0.1, 0.15) is 11.9 Å². The molecular weight excluding hydrogens is 344 g/mol. The third-order valence-corrected chi connectivity index (χ3v) is 5.33. The van der Waals surface area contributed by atoms with Crippen molar-refractivity contribution >= 4 is 0 Å². The number of rotatable bonds is 6. The van der Waals surface area contributed by atoms with E-state index in [4.69, 9.17) is 10.00 Å². The van der Waals surface area contributed by atoms with Gasteiger partial charge in [0.25, 0.3) is 0 Å². The Labute approximate surface area is 166 Å². The van der Waals surface area contributed by atoms with Crippen LogP contribution < -0.4 is 4.74 Å². The molecule has 1 heterocycles. The second-order valence-corrected chi connectivity index (χ2v) is 7.24. The summed E-state index contributed by atoms with van der Waals surface area (Å²) in [6, 6.07) is 28.7. The number of fused-ring (bicyclic) bond motifs is 1. The summed E-state index contributed by atoms with van der Waals surface area (Å²) >= 11 is 0. The lowest BCUT2D eigenvalue weighted by Gasteiger charge is -2.30. The fraction of sp³-hybridized carbons (Fsp3) is 0.240. The Morgan fingerprint density at radius 2 is 1.71 bits per heavy atom. The zero-order valence-electron chi connectivity index (χ0n) is 15.9. The lowest BCUT2D eigenvalue weighted by molar-refractivity contribution is 0.157. The van der Waals surface area contributed by atoms with Crippen molar-refractivity contribution in [1.82, 2.24) is 4.90 Å². The van der Waals surface area contributed by atoms with Crippen molar-refractivity contribution in [2.75, 3.05) is 13.1 Å². The zero-order valence-corrected chi connectivity index (χ0v) is 15.9. The molecule has 0 amide bonds. The molecule has 1 atom stereocenters. The van der Waals surface area contributed by atoms with E-state index in [-0.39, 0.29) is 6.10 Å². The van der Waals surface area contributed by atoms with Gasteiger partial charge in [-0.2, -0.15) is 5.26 Å². The maximum atomic E-state index is 9.15. The number of benzene rings is 3. The molecule has 0 aromatic heterocycles. The van der Waals surface area contributed by atoms with Gasteiger partial charge in [0.05, 0.1) is 11.6 Å². The third kappa shape index (κ3) is 4.42. The predicted octanol–water partition coefficient (Wildman–Crippen LogP) is 5.13. The van der Waals surface area contributed by atoms with Crippen LogP contribution in [-0.2, 0) is 13.0 Å². The van der Waals surface area contributed by atoms with E-state index in [0.717, 1.165) is 38.2 Å². The molecule has 1 aliphatic heterocycles. The van der Waals surface area contributed by atoms with Gasteiger partial charge in [-0.25, -0.2) is 0 Å². The molecule has 0 spiro atoms. The van der Waals surface area contributed by atoms with Crippen LogP contribution in [0.25, 0.3) is 0 Å². The van der Waals surface area contributed by atoms with Crippen LogP contribution in [0.1, 0.15) is 34.8 Å². The first-order valence-electron chi connectivity index (χ1n) is 9.83. The van der Waals surface area contributed by atoms with Crippen LogP contribution in [0.15, 0.2) is 78.9 Å². The molecule has 3 aromatic rings. The van der Waals surface area contributed by atoms with Gasteiger partial charge >= 0.3 is 0 Å². The maximum Gasteiger partial charge on any atom is 0.125 e.